The number of hydrogen-bond donors (Lipinski definition) is 1. The molecule has 0 aliphatic heterocycles. The Hall–Kier alpha value is -3.49. The zero-order chi connectivity index (χ0) is 24.4. The van der Waals surface area contributed by atoms with E-state index in [-0.39, 0.29) is 23.2 Å². The van der Waals surface area contributed by atoms with Crippen LogP contribution in [0.3, 0.4) is 0 Å². The van der Waals surface area contributed by atoms with E-state index in [1.807, 2.05) is 6.07 Å². The van der Waals surface area contributed by atoms with E-state index in [0.29, 0.717) is 42.3 Å². The van der Waals surface area contributed by atoms with Gasteiger partial charge in [-0.05, 0) is 38.2 Å². The van der Waals surface area contributed by atoms with Crippen molar-refractivity contribution >= 4 is 11.2 Å². The third kappa shape index (κ3) is 4.24. The Labute approximate surface area is 203 Å². The second-order valence-corrected chi connectivity index (χ2v) is 9.54. The largest absolute Gasteiger partial charge is 0.339 e. The van der Waals surface area contributed by atoms with E-state index in [0.717, 1.165) is 44.3 Å². The molecule has 0 unspecified atom stereocenters. The molecule has 0 spiro atoms. The van der Waals surface area contributed by atoms with Gasteiger partial charge in [0, 0.05) is 19.5 Å². The molecule has 0 amide bonds. The highest BCUT2D eigenvalue weighted by Crippen LogP contribution is 2.45. The van der Waals surface area contributed by atoms with Gasteiger partial charge in [-0.15, -0.1) is 0 Å². The van der Waals surface area contributed by atoms with Gasteiger partial charge >= 0.3 is 5.69 Å². The third-order valence-electron chi connectivity index (χ3n) is 7.17. The van der Waals surface area contributed by atoms with Gasteiger partial charge in [0.15, 0.2) is 11.5 Å². The van der Waals surface area contributed by atoms with Gasteiger partial charge in [-0.1, -0.05) is 61.7 Å². The van der Waals surface area contributed by atoms with Gasteiger partial charge in [-0.25, -0.2) is 9.78 Å². The molecule has 0 saturated heterocycles. The second kappa shape index (κ2) is 9.64. The maximum atomic E-state index is 13.2. The summed E-state index contributed by atoms with van der Waals surface area (Å²) in [5.41, 5.74) is 1.19. The van der Waals surface area contributed by atoms with Gasteiger partial charge in [0.1, 0.15) is 11.3 Å². The zero-order valence-corrected chi connectivity index (χ0v) is 20.4. The fourth-order valence-corrected chi connectivity index (χ4v) is 5.31. The summed E-state index contributed by atoms with van der Waals surface area (Å²) in [4.78, 5) is 38.4. The fourth-order valence-electron chi connectivity index (χ4n) is 5.31. The molecule has 0 radical (unpaired) electrons. The third-order valence-corrected chi connectivity index (χ3v) is 7.17. The minimum Gasteiger partial charge on any atom is -0.339 e. The molecule has 1 N–H and O–H groups in total. The first-order chi connectivity index (χ1) is 17.0. The van der Waals surface area contributed by atoms with Crippen molar-refractivity contribution in [1.29, 1.82) is 0 Å². The molecule has 1 aliphatic rings. The van der Waals surface area contributed by atoms with E-state index in [1.165, 1.54) is 10.1 Å². The highest BCUT2D eigenvalue weighted by atomic mass is 16.5. The van der Waals surface area contributed by atoms with Gasteiger partial charge in [0.05, 0.1) is 5.41 Å². The summed E-state index contributed by atoms with van der Waals surface area (Å²) in [7, 11) is 0. The topological polar surface area (TPSA) is 112 Å². The van der Waals surface area contributed by atoms with Crippen LogP contribution in [-0.4, -0.2) is 29.2 Å². The summed E-state index contributed by atoms with van der Waals surface area (Å²) in [6, 6.07) is 10.4. The molecule has 1 fully saturated rings. The predicted molar refractivity (Wildman–Crippen MR) is 133 cm³/mol. The van der Waals surface area contributed by atoms with Crippen molar-refractivity contribution in [2.24, 2.45) is 0 Å². The number of hydrogen-bond acceptors (Lipinski definition) is 6. The summed E-state index contributed by atoms with van der Waals surface area (Å²) in [5.74, 6) is 1.90. The van der Waals surface area contributed by atoms with E-state index in [2.05, 4.69) is 46.3 Å². The standard InChI is InChI=1S/C26H32N6O3/c1-3-4-16-31-22-21(27-18(2)28-22)23(33)32(25(31)34)17-10-13-20-29-24(30-35-20)26(14-8-9-15-26)19-11-6-5-7-12-19/h5-7,11-12H,3-4,8-10,13-17H2,1-2H3,(H,27,28). The number of benzene rings is 1. The van der Waals surface area contributed by atoms with Gasteiger partial charge in [-0.3, -0.25) is 13.9 Å². The zero-order valence-electron chi connectivity index (χ0n) is 20.4. The average molecular weight is 477 g/mol. The van der Waals surface area contributed by atoms with Crippen molar-refractivity contribution in [1.82, 2.24) is 29.2 Å². The minimum absolute atomic E-state index is 0.198. The molecular formula is C26H32N6O3. The quantitative estimate of drug-likeness (QED) is 0.392. The molecule has 184 valence electrons. The van der Waals surface area contributed by atoms with Crippen LogP contribution in [0.5, 0.6) is 0 Å². The van der Waals surface area contributed by atoms with Crippen molar-refractivity contribution in [3.8, 4) is 0 Å². The van der Waals surface area contributed by atoms with Crippen LogP contribution in [0.25, 0.3) is 11.2 Å². The van der Waals surface area contributed by atoms with Crippen LogP contribution in [0, 0.1) is 6.92 Å². The monoisotopic (exact) mass is 476 g/mol. The molecule has 3 aromatic heterocycles. The van der Waals surface area contributed by atoms with Gasteiger partial charge in [-0.2, -0.15) is 4.98 Å². The van der Waals surface area contributed by atoms with E-state index in [4.69, 9.17) is 9.51 Å². The number of aromatic nitrogens is 6. The van der Waals surface area contributed by atoms with E-state index < -0.39 is 0 Å². The molecule has 3 heterocycles. The lowest BCUT2D eigenvalue weighted by atomic mass is 9.78. The number of nitrogens with one attached hydrogen (secondary N) is 1. The van der Waals surface area contributed by atoms with Crippen LogP contribution in [0.1, 0.15) is 75.0 Å². The molecule has 0 atom stereocenters. The van der Waals surface area contributed by atoms with Crippen molar-refractivity contribution < 1.29 is 4.52 Å². The molecule has 5 rings (SSSR count). The molecule has 4 aromatic rings. The molecule has 1 aliphatic carbocycles. The van der Waals surface area contributed by atoms with Crippen molar-refractivity contribution in [3.63, 3.8) is 0 Å². The Kier molecular flexibility index (Phi) is 6.40. The lowest BCUT2D eigenvalue weighted by Gasteiger charge is -2.25. The Balaban J connectivity index is 1.36. The van der Waals surface area contributed by atoms with Gasteiger partial charge < -0.3 is 9.51 Å². The minimum atomic E-state index is -0.335. The number of fused-ring (bicyclic) bond motifs is 1. The first-order valence-electron chi connectivity index (χ1n) is 12.6. The van der Waals surface area contributed by atoms with Crippen molar-refractivity contribution in [2.45, 2.75) is 83.7 Å². The predicted octanol–water partition coefficient (Wildman–Crippen LogP) is 3.87. The first kappa shape index (κ1) is 23.3. The molecular weight excluding hydrogens is 444 g/mol. The van der Waals surface area contributed by atoms with E-state index in [1.54, 1.807) is 11.5 Å². The average Bonchev–Trinajstić information content (AvgIpc) is 3.62. The maximum absolute atomic E-state index is 13.2. The van der Waals surface area contributed by atoms with Gasteiger partial charge in [0.2, 0.25) is 5.89 Å². The number of imidazole rings is 1. The summed E-state index contributed by atoms with van der Waals surface area (Å²) in [5, 5.41) is 4.37. The van der Waals surface area contributed by atoms with Crippen LogP contribution in [0.4, 0.5) is 0 Å². The Morgan fingerprint density at radius 1 is 1.03 bits per heavy atom. The SMILES string of the molecule is CCCCn1c(=O)n(CCCc2nc(C3(c4ccccc4)CCCC3)no2)c(=O)c2[nH]c(C)nc21. The Morgan fingerprint density at radius 2 is 1.77 bits per heavy atom. The molecule has 1 saturated carbocycles. The first-order valence-corrected chi connectivity index (χ1v) is 12.6. The highest BCUT2D eigenvalue weighted by molar-refractivity contribution is 5.69. The Bertz CT molecular complexity index is 1420. The molecule has 0 bridgehead atoms. The van der Waals surface area contributed by atoms with Crippen LogP contribution in [-0.2, 0) is 24.9 Å². The van der Waals surface area contributed by atoms with Gasteiger partial charge in [0.25, 0.3) is 5.56 Å². The number of H-pyrrole nitrogens is 1. The van der Waals surface area contributed by atoms with E-state index in [9.17, 15) is 9.59 Å². The van der Waals surface area contributed by atoms with Crippen LogP contribution < -0.4 is 11.2 Å². The van der Waals surface area contributed by atoms with E-state index >= 15 is 0 Å². The Morgan fingerprint density at radius 3 is 2.51 bits per heavy atom. The summed E-state index contributed by atoms with van der Waals surface area (Å²) >= 11 is 0. The number of nitrogens with zero attached hydrogens (tertiary/aromatic N) is 5. The lowest BCUT2D eigenvalue weighted by Crippen LogP contribution is -2.40. The normalized spacial score (nSPS) is 15.3. The van der Waals surface area contributed by atoms with Crippen molar-refractivity contribution in [3.05, 3.63) is 74.3 Å². The van der Waals surface area contributed by atoms with Crippen molar-refractivity contribution in [2.75, 3.05) is 0 Å². The van der Waals surface area contributed by atoms with Crippen LogP contribution in [0.15, 0.2) is 44.4 Å². The maximum Gasteiger partial charge on any atom is 0.332 e. The molecule has 9 heteroatoms. The summed E-state index contributed by atoms with van der Waals surface area (Å²) in [6.45, 7) is 4.67. The molecule has 35 heavy (non-hydrogen) atoms. The number of rotatable bonds is 9. The summed E-state index contributed by atoms with van der Waals surface area (Å²) < 4.78 is 8.53. The number of unbranched alkanes of at least 4 members (excludes halogenated alkanes) is 1. The number of aromatic amines is 1. The lowest BCUT2D eigenvalue weighted by molar-refractivity contribution is 0.355. The molecule has 1 aromatic carbocycles. The summed E-state index contributed by atoms with van der Waals surface area (Å²) in [6.07, 6.45) is 7.12. The highest BCUT2D eigenvalue weighted by Gasteiger charge is 2.41. The number of aryl methyl sites for hydroxylation is 3. The molecule has 9 nitrogen and oxygen atoms in total. The second-order valence-electron chi connectivity index (χ2n) is 9.54. The smallest absolute Gasteiger partial charge is 0.332 e. The fraction of sp³-hybridized carbons (Fsp3) is 0.500. The van der Waals surface area contributed by atoms with Crippen LogP contribution >= 0.6 is 0 Å². The van der Waals surface area contributed by atoms with Crippen LogP contribution in [0.2, 0.25) is 0 Å².